The molecule has 0 atom stereocenters. The highest BCUT2D eigenvalue weighted by atomic mass is 19.1. The summed E-state index contributed by atoms with van der Waals surface area (Å²) >= 11 is 0. The summed E-state index contributed by atoms with van der Waals surface area (Å²) in [6.45, 7) is 7.61. The fourth-order valence-corrected chi connectivity index (χ4v) is 3.04. The van der Waals surface area contributed by atoms with Gasteiger partial charge in [0.2, 0.25) is 0 Å². The van der Waals surface area contributed by atoms with Gasteiger partial charge in [0.1, 0.15) is 5.82 Å². The maximum Gasteiger partial charge on any atom is 0.191 e. The summed E-state index contributed by atoms with van der Waals surface area (Å²) in [6, 6.07) is 9.39. The fourth-order valence-electron chi connectivity index (χ4n) is 3.04. The number of guanidine groups is 1. The molecule has 146 valence electrons. The summed E-state index contributed by atoms with van der Waals surface area (Å²) in [5.41, 5.74) is 1.50. The molecule has 6 nitrogen and oxygen atoms in total. The molecule has 3 rings (SSSR count). The number of ether oxygens (including phenoxy) is 1. The molecule has 0 unspecified atom stereocenters. The molecule has 0 amide bonds. The summed E-state index contributed by atoms with van der Waals surface area (Å²) < 4.78 is 21.9. The van der Waals surface area contributed by atoms with Crippen LogP contribution < -0.4 is 15.5 Å². The van der Waals surface area contributed by atoms with Crippen molar-refractivity contribution in [2.75, 3.05) is 44.3 Å². The van der Waals surface area contributed by atoms with Crippen LogP contribution in [0.25, 0.3) is 0 Å². The number of nitrogens with zero attached hydrogens (tertiary/aromatic N) is 3. The SMILES string of the molecule is CCNC(=NCc1ccc(N2CCOCC2)c(F)c1)NCCn1cccc1. The van der Waals surface area contributed by atoms with Gasteiger partial charge in [-0.15, -0.1) is 0 Å². The van der Waals surface area contributed by atoms with Gasteiger partial charge in [-0.3, -0.25) is 0 Å². The number of nitrogens with one attached hydrogen (secondary N) is 2. The van der Waals surface area contributed by atoms with Crippen molar-refractivity contribution in [2.24, 2.45) is 4.99 Å². The molecule has 2 heterocycles. The van der Waals surface area contributed by atoms with Gasteiger partial charge in [0.05, 0.1) is 25.4 Å². The van der Waals surface area contributed by atoms with Gasteiger partial charge in [0.15, 0.2) is 5.96 Å². The second-order valence-electron chi connectivity index (χ2n) is 6.43. The van der Waals surface area contributed by atoms with Crippen molar-refractivity contribution in [3.05, 3.63) is 54.1 Å². The van der Waals surface area contributed by atoms with Gasteiger partial charge < -0.3 is 24.8 Å². The van der Waals surface area contributed by atoms with Gasteiger partial charge in [-0.1, -0.05) is 6.07 Å². The molecule has 1 fully saturated rings. The molecule has 0 radical (unpaired) electrons. The monoisotopic (exact) mass is 373 g/mol. The maximum absolute atomic E-state index is 14.5. The van der Waals surface area contributed by atoms with Crippen LogP contribution in [0.5, 0.6) is 0 Å². The second-order valence-corrected chi connectivity index (χ2v) is 6.43. The highest BCUT2D eigenvalue weighted by Gasteiger charge is 2.15. The number of aromatic nitrogens is 1. The predicted molar refractivity (Wildman–Crippen MR) is 107 cm³/mol. The Morgan fingerprint density at radius 3 is 2.67 bits per heavy atom. The number of halogens is 1. The zero-order valence-corrected chi connectivity index (χ0v) is 15.8. The first kappa shape index (κ1) is 19.2. The minimum absolute atomic E-state index is 0.199. The molecule has 1 aliphatic heterocycles. The average Bonchev–Trinajstić information content (AvgIpc) is 3.20. The molecular formula is C20H28FN5O. The lowest BCUT2D eigenvalue weighted by atomic mass is 10.1. The highest BCUT2D eigenvalue weighted by Crippen LogP contribution is 2.21. The van der Waals surface area contributed by atoms with Crippen LogP contribution in [-0.2, 0) is 17.8 Å². The largest absolute Gasteiger partial charge is 0.378 e. The van der Waals surface area contributed by atoms with E-state index >= 15 is 0 Å². The third-order valence-electron chi connectivity index (χ3n) is 4.46. The number of aliphatic imine (C=N–C) groups is 1. The van der Waals surface area contributed by atoms with Crippen molar-refractivity contribution in [2.45, 2.75) is 20.0 Å². The zero-order valence-electron chi connectivity index (χ0n) is 15.8. The first-order valence-corrected chi connectivity index (χ1v) is 9.50. The fraction of sp³-hybridized carbons (Fsp3) is 0.450. The minimum atomic E-state index is -0.199. The van der Waals surface area contributed by atoms with E-state index in [-0.39, 0.29) is 5.82 Å². The number of hydrogen-bond acceptors (Lipinski definition) is 3. The van der Waals surface area contributed by atoms with Crippen LogP contribution in [0.15, 0.2) is 47.7 Å². The molecular weight excluding hydrogens is 345 g/mol. The van der Waals surface area contributed by atoms with Crippen LogP contribution in [0.4, 0.5) is 10.1 Å². The van der Waals surface area contributed by atoms with Crippen molar-refractivity contribution in [1.29, 1.82) is 0 Å². The molecule has 0 aliphatic carbocycles. The number of rotatable bonds is 7. The Morgan fingerprint density at radius 2 is 1.96 bits per heavy atom. The quantitative estimate of drug-likeness (QED) is 0.577. The smallest absolute Gasteiger partial charge is 0.191 e. The summed E-state index contributed by atoms with van der Waals surface area (Å²) in [5.74, 6) is 0.539. The van der Waals surface area contributed by atoms with Gasteiger partial charge >= 0.3 is 0 Å². The van der Waals surface area contributed by atoms with E-state index in [1.54, 1.807) is 6.07 Å². The molecule has 0 saturated carbocycles. The van der Waals surface area contributed by atoms with Gasteiger partial charge in [0.25, 0.3) is 0 Å². The van der Waals surface area contributed by atoms with E-state index in [4.69, 9.17) is 4.74 Å². The normalized spacial score (nSPS) is 15.0. The van der Waals surface area contributed by atoms with E-state index in [0.717, 1.165) is 44.2 Å². The third-order valence-corrected chi connectivity index (χ3v) is 4.46. The second kappa shape index (κ2) is 9.97. The average molecular weight is 373 g/mol. The summed E-state index contributed by atoms with van der Waals surface area (Å²) in [5, 5.41) is 6.53. The highest BCUT2D eigenvalue weighted by molar-refractivity contribution is 5.79. The summed E-state index contributed by atoms with van der Waals surface area (Å²) in [7, 11) is 0. The lowest BCUT2D eigenvalue weighted by molar-refractivity contribution is 0.122. The van der Waals surface area contributed by atoms with Gasteiger partial charge in [-0.25, -0.2) is 9.38 Å². The van der Waals surface area contributed by atoms with Crippen LogP contribution in [0, 0.1) is 5.82 Å². The van der Waals surface area contributed by atoms with Crippen LogP contribution in [0.1, 0.15) is 12.5 Å². The zero-order chi connectivity index (χ0) is 18.9. The summed E-state index contributed by atoms with van der Waals surface area (Å²) in [6.07, 6.45) is 4.06. The Kier molecular flexibility index (Phi) is 7.10. The van der Waals surface area contributed by atoms with Crippen LogP contribution in [-0.4, -0.2) is 49.9 Å². The Hall–Kier alpha value is -2.54. The van der Waals surface area contributed by atoms with Crippen molar-refractivity contribution in [3.8, 4) is 0 Å². The van der Waals surface area contributed by atoms with E-state index in [2.05, 4.69) is 20.2 Å². The van der Waals surface area contributed by atoms with Crippen molar-refractivity contribution < 1.29 is 9.13 Å². The van der Waals surface area contributed by atoms with E-state index in [1.807, 2.05) is 48.5 Å². The van der Waals surface area contributed by atoms with Crippen LogP contribution >= 0.6 is 0 Å². The molecule has 1 saturated heterocycles. The molecule has 7 heteroatoms. The topological polar surface area (TPSA) is 53.8 Å². The first-order valence-electron chi connectivity index (χ1n) is 9.50. The Bertz CT molecular complexity index is 726. The van der Waals surface area contributed by atoms with Gasteiger partial charge in [0, 0.05) is 45.1 Å². The molecule has 1 aromatic carbocycles. The summed E-state index contributed by atoms with van der Waals surface area (Å²) in [4.78, 5) is 6.60. The predicted octanol–water partition coefficient (Wildman–Crippen LogP) is 2.22. The van der Waals surface area contributed by atoms with Crippen molar-refractivity contribution in [3.63, 3.8) is 0 Å². The molecule has 1 aromatic heterocycles. The molecule has 0 bridgehead atoms. The Morgan fingerprint density at radius 1 is 1.19 bits per heavy atom. The van der Waals surface area contributed by atoms with E-state index in [0.29, 0.717) is 25.4 Å². The van der Waals surface area contributed by atoms with Crippen LogP contribution in [0.2, 0.25) is 0 Å². The number of morpholine rings is 1. The standard InChI is InChI=1S/C20H28FN5O/c1-2-22-20(23-7-10-25-8-3-4-9-25)24-16-17-5-6-19(18(21)15-17)26-11-13-27-14-12-26/h3-6,8-9,15H,2,7,10-14,16H2,1H3,(H2,22,23,24). The van der Waals surface area contributed by atoms with Crippen LogP contribution in [0.3, 0.4) is 0 Å². The van der Waals surface area contributed by atoms with Crippen molar-refractivity contribution >= 4 is 11.6 Å². The number of hydrogen-bond donors (Lipinski definition) is 2. The molecule has 2 aromatic rings. The number of anilines is 1. The lowest BCUT2D eigenvalue weighted by Gasteiger charge is -2.29. The molecule has 1 aliphatic rings. The van der Waals surface area contributed by atoms with E-state index in [9.17, 15) is 4.39 Å². The van der Waals surface area contributed by atoms with Crippen molar-refractivity contribution in [1.82, 2.24) is 15.2 Å². The lowest BCUT2D eigenvalue weighted by Crippen LogP contribution is -2.38. The van der Waals surface area contributed by atoms with E-state index < -0.39 is 0 Å². The minimum Gasteiger partial charge on any atom is -0.378 e. The van der Waals surface area contributed by atoms with Gasteiger partial charge in [-0.05, 0) is 36.8 Å². The Labute approximate surface area is 160 Å². The maximum atomic E-state index is 14.5. The first-order chi connectivity index (χ1) is 13.3. The third kappa shape index (κ3) is 5.72. The Balaban J connectivity index is 1.56. The molecule has 0 spiro atoms. The van der Waals surface area contributed by atoms with Gasteiger partial charge in [-0.2, -0.15) is 0 Å². The van der Waals surface area contributed by atoms with E-state index in [1.165, 1.54) is 0 Å². The molecule has 27 heavy (non-hydrogen) atoms. The molecule has 2 N–H and O–H groups in total. The number of benzene rings is 1.